The molecular weight excluding hydrogens is 442 g/mol. The quantitative estimate of drug-likeness (QED) is 0.259. The van der Waals surface area contributed by atoms with E-state index in [1.54, 1.807) is 13.1 Å². The van der Waals surface area contributed by atoms with Crippen molar-refractivity contribution < 1.29 is 24.0 Å². The summed E-state index contributed by atoms with van der Waals surface area (Å²) in [6.07, 6.45) is 0. The number of hydrogen-bond acceptors (Lipinski definition) is 10. The number of fused-ring (bicyclic) bond motifs is 1. The highest BCUT2D eigenvalue weighted by Gasteiger charge is 2.54. The van der Waals surface area contributed by atoms with Crippen molar-refractivity contribution in [3.8, 4) is 6.07 Å². The maximum atomic E-state index is 12.5. The van der Waals surface area contributed by atoms with Crippen molar-refractivity contribution in [3.63, 3.8) is 0 Å². The van der Waals surface area contributed by atoms with E-state index in [0.717, 1.165) is 0 Å². The molecule has 12 nitrogen and oxygen atoms in total. The minimum absolute atomic E-state index is 0.0973. The van der Waals surface area contributed by atoms with Gasteiger partial charge in [-0.25, -0.2) is 9.48 Å². The van der Waals surface area contributed by atoms with Crippen LogP contribution in [-0.2, 0) is 32.6 Å². The first kappa shape index (κ1) is 21.4. The predicted molar refractivity (Wildman–Crippen MR) is 103 cm³/mol. The number of carbonyl (C=O) groups is 3. The highest BCUT2D eigenvalue weighted by Crippen LogP contribution is 2.41. The maximum Gasteiger partial charge on any atom is 0.352 e. The van der Waals surface area contributed by atoms with Crippen LogP contribution in [-0.4, -0.2) is 87.0 Å². The van der Waals surface area contributed by atoms with Crippen molar-refractivity contribution in [2.75, 3.05) is 23.0 Å². The zero-order valence-corrected chi connectivity index (χ0v) is 17.4. The van der Waals surface area contributed by atoms with Gasteiger partial charge in [0.15, 0.2) is 11.5 Å². The Morgan fingerprint density at radius 3 is 2.93 bits per heavy atom. The van der Waals surface area contributed by atoms with E-state index >= 15 is 0 Å². The third kappa shape index (κ3) is 4.50. The van der Waals surface area contributed by atoms with E-state index in [2.05, 4.69) is 20.8 Å². The summed E-state index contributed by atoms with van der Waals surface area (Å²) in [6, 6.07) is 0.820. The first-order valence-corrected chi connectivity index (χ1v) is 11.6. The van der Waals surface area contributed by atoms with Crippen molar-refractivity contribution >= 4 is 52.5 Å². The second-order valence-electron chi connectivity index (χ2n) is 5.97. The number of tetrazole rings is 1. The predicted octanol–water partition coefficient (Wildman–Crippen LogP) is -1.69. The Kier molecular flexibility index (Phi) is 6.67. The molecule has 29 heavy (non-hydrogen) atoms. The van der Waals surface area contributed by atoms with Crippen LogP contribution in [0.2, 0.25) is 0 Å². The topological polar surface area (TPSA) is 177 Å². The van der Waals surface area contributed by atoms with Crippen LogP contribution in [0.3, 0.4) is 0 Å². The van der Waals surface area contributed by atoms with Gasteiger partial charge in [0.2, 0.25) is 5.16 Å². The second kappa shape index (κ2) is 9.03. The summed E-state index contributed by atoms with van der Waals surface area (Å²) in [6.45, 7) is 0. The van der Waals surface area contributed by atoms with Crippen LogP contribution in [0.5, 0.6) is 0 Å². The van der Waals surface area contributed by atoms with Crippen molar-refractivity contribution in [2.45, 2.75) is 16.6 Å². The molecule has 15 heteroatoms. The summed E-state index contributed by atoms with van der Waals surface area (Å²) in [5, 5.41) is 31.6. The summed E-state index contributed by atoms with van der Waals surface area (Å²) in [5.74, 6) is -2.38. The van der Waals surface area contributed by atoms with Crippen molar-refractivity contribution in [1.29, 1.82) is 5.26 Å². The van der Waals surface area contributed by atoms with Crippen LogP contribution >= 0.6 is 23.5 Å². The van der Waals surface area contributed by atoms with E-state index < -0.39 is 40.4 Å². The number of aliphatic carboxylic acids is 1. The molecule has 0 spiro atoms. The minimum atomic E-state index is -1.63. The van der Waals surface area contributed by atoms with Gasteiger partial charge < -0.3 is 15.0 Å². The SMILES string of the molecule is Cn1nnnc1SCC1=C(C(=O)O)N2C(=O)C(NC(=O)C[S+]([O-])CC#N)[C@H]2SC1. The summed E-state index contributed by atoms with van der Waals surface area (Å²) in [5.41, 5.74) is 0.458. The molecule has 0 aromatic carbocycles. The van der Waals surface area contributed by atoms with Gasteiger partial charge in [-0.05, 0) is 27.2 Å². The molecule has 0 saturated carbocycles. The van der Waals surface area contributed by atoms with Gasteiger partial charge in [-0.3, -0.25) is 14.5 Å². The fourth-order valence-electron chi connectivity index (χ4n) is 2.77. The molecule has 0 aliphatic carbocycles. The average molecular weight is 458 g/mol. The zero-order valence-electron chi connectivity index (χ0n) is 15.0. The number of nitrogens with zero attached hydrogens (tertiary/aromatic N) is 6. The molecular formula is C14H15N7O5S3. The largest absolute Gasteiger partial charge is 0.615 e. The number of carbonyl (C=O) groups excluding carboxylic acids is 2. The molecule has 1 aromatic heterocycles. The monoisotopic (exact) mass is 457 g/mol. The molecule has 2 aliphatic heterocycles. The fraction of sp³-hybridized carbons (Fsp3) is 0.500. The minimum Gasteiger partial charge on any atom is -0.615 e. The standard InChI is InChI=1S/C14H15N7O5S3/c1-20-14(17-18-19-20)28-5-7-4-27-12-9(11(23)21(12)10(7)13(24)25)16-8(22)6-29(26)3-2-15/h9,12H,3-6H2,1H3,(H,16,22)(H,24,25)/t9?,12-,29?/m1/s1. The second-order valence-corrected chi connectivity index (χ2v) is 9.48. The zero-order chi connectivity index (χ0) is 21.1. The first-order valence-electron chi connectivity index (χ1n) is 8.10. The number of thioether (sulfide) groups is 2. The van der Waals surface area contributed by atoms with Gasteiger partial charge in [-0.2, -0.15) is 5.26 Å². The molecule has 3 heterocycles. The summed E-state index contributed by atoms with van der Waals surface area (Å²) < 4.78 is 13.0. The van der Waals surface area contributed by atoms with Gasteiger partial charge in [-0.15, -0.1) is 16.9 Å². The molecule has 2 unspecified atom stereocenters. The molecule has 2 aliphatic rings. The molecule has 154 valence electrons. The van der Waals surface area contributed by atoms with Gasteiger partial charge in [0.25, 0.3) is 11.8 Å². The van der Waals surface area contributed by atoms with E-state index in [0.29, 0.717) is 22.2 Å². The van der Waals surface area contributed by atoms with E-state index in [1.807, 2.05) is 0 Å². The van der Waals surface area contributed by atoms with Gasteiger partial charge >= 0.3 is 5.97 Å². The number of nitrogens with one attached hydrogen (secondary N) is 1. The molecule has 0 bridgehead atoms. The highest BCUT2D eigenvalue weighted by atomic mass is 32.2. The smallest absolute Gasteiger partial charge is 0.352 e. The van der Waals surface area contributed by atoms with Crippen molar-refractivity contribution in [2.24, 2.45) is 7.05 Å². The molecule has 0 radical (unpaired) electrons. The Hall–Kier alpha value is -2.28. The van der Waals surface area contributed by atoms with E-state index in [4.69, 9.17) is 5.26 Å². The van der Waals surface area contributed by atoms with Crippen LogP contribution in [0.25, 0.3) is 0 Å². The van der Waals surface area contributed by atoms with Crippen LogP contribution in [0.15, 0.2) is 16.4 Å². The Bertz CT molecular complexity index is 914. The number of carboxylic acid groups (broad SMARTS) is 1. The number of nitriles is 1. The Morgan fingerprint density at radius 2 is 2.31 bits per heavy atom. The van der Waals surface area contributed by atoms with Gasteiger partial charge in [0.1, 0.15) is 23.2 Å². The Morgan fingerprint density at radius 1 is 1.55 bits per heavy atom. The Labute approximate surface area is 176 Å². The van der Waals surface area contributed by atoms with Crippen LogP contribution < -0.4 is 5.32 Å². The third-order valence-electron chi connectivity index (χ3n) is 4.04. The van der Waals surface area contributed by atoms with Gasteiger partial charge in [0.05, 0.1) is 0 Å². The molecule has 3 atom stereocenters. The normalized spacial score (nSPS) is 21.8. The summed E-state index contributed by atoms with van der Waals surface area (Å²) in [4.78, 5) is 37.4. The lowest BCUT2D eigenvalue weighted by Crippen LogP contribution is -2.71. The van der Waals surface area contributed by atoms with E-state index in [1.165, 1.54) is 33.1 Å². The highest BCUT2D eigenvalue weighted by molar-refractivity contribution is 8.01. The number of β-lactam (4-membered cyclic amide) rings is 1. The van der Waals surface area contributed by atoms with Gasteiger partial charge in [-0.1, -0.05) is 11.8 Å². The van der Waals surface area contributed by atoms with E-state index in [9.17, 15) is 24.0 Å². The van der Waals surface area contributed by atoms with Crippen LogP contribution in [0, 0.1) is 11.3 Å². The number of hydrogen-bond donors (Lipinski definition) is 2. The number of rotatable bonds is 8. The van der Waals surface area contributed by atoms with Crippen LogP contribution in [0.1, 0.15) is 0 Å². The number of amides is 2. The average Bonchev–Trinajstić information content (AvgIpc) is 3.08. The molecule has 1 saturated heterocycles. The van der Waals surface area contributed by atoms with E-state index in [-0.39, 0.29) is 17.2 Å². The molecule has 2 N–H and O–H groups in total. The first-order chi connectivity index (χ1) is 13.8. The number of aryl methyl sites for hydroxylation is 1. The Balaban J connectivity index is 1.68. The summed E-state index contributed by atoms with van der Waals surface area (Å²) in [7, 11) is 1.66. The fourth-order valence-corrected chi connectivity index (χ4v) is 5.73. The molecule has 1 fully saturated rings. The van der Waals surface area contributed by atoms with Crippen molar-refractivity contribution in [1.82, 2.24) is 30.4 Å². The number of carboxylic acids is 1. The number of aromatic nitrogens is 4. The molecule has 3 rings (SSSR count). The summed E-state index contributed by atoms with van der Waals surface area (Å²) >= 11 is 0.959. The van der Waals surface area contributed by atoms with Crippen molar-refractivity contribution in [3.05, 3.63) is 11.3 Å². The lowest BCUT2D eigenvalue weighted by atomic mass is 10.0. The maximum absolute atomic E-state index is 12.5. The lowest BCUT2D eigenvalue weighted by molar-refractivity contribution is -0.150. The molecule has 2 amide bonds. The third-order valence-corrected chi connectivity index (χ3v) is 7.51. The van der Waals surface area contributed by atoms with Crippen LogP contribution in [0.4, 0.5) is 0 Å². The van der Waals surface area contributed by atoms with Gasteiger partial charge in [0, 0.05) is 18.6 Å². The molecule has 1 aromatic rings. The lowest BCUT2D eigenvalue weighted by Gasteiger charge is -2.49.